The van der Waals surface area contributed by atoms with Crippen molar-refractivity contribution < 1.29 is 19.1 Å². The van der Waals surface area contributed by atoms with Gasteiger partial charge >= 0.3 is 5.97 Å². The van der Waals surface area contributed by atoms with Crippen LogP contribution in [0.1, 0.15) is 44.1 Å². The van der Waals surface area contributed by atoms with Gasteiger partial charge in [0.05, 0.1) is 0 Å². The summed E-state index contributed by atoms with van der Waals surface area (Å²) in [5.74, 6) is 0.608. The van der Waals surface area contributed by atoms with Crippen LogP contribution in [0.25, 0.3) is 0 Å². The van der Waals surface area contributed by atoms with Gasteiger partial charge in [-0.3, -0.25) is 4.79 Å². The first-order chi connectivity index (χ1) is 8.60. The number of esters is 1. The smallest absolute Gasteiger partial charge is 0.311 e. The highest BCUT2D eigenvalue weighted by molar-refractivity contribution is 5.73. The Bertz CT molecular complexity index is 398. The largest absolute Gasteiger partial charge is 0.502 e. The van der Waals surface area contributed by atoms with Gasteiger partial charge in [0, 0.05) is 12.8 Å². The van der Waals surface area contributed by atoms with E-state index in [4.69, 9.17) is 14.9 Å². The van der Waals surface area contributed by atoms with Crippen LogP contribution < -0.4 is 10.5 Å². The second-order valence-corrected chi connectivity index (χ2v) is 4.19. The Hall–Kier alpha value is -1.49. The molecule has 0 radical (unpaired) electrons. The van der Waals surface area contributed by atoms with Gasteiger partial charge in [-0.05, 0) is 26.3 Å². The molecule has 102 valence electrons. The molecule has 1 aromatic rings. The van der Waals surface area contributed by atoms with Crippen molar-refractivity contribution in [3.8, 4) is 11.5 Å². The van der Waals surface area contributed by atoms with E-state index in [0.29, 0.717) is 30.9 Å². The van der Waals surface area contributed by atoms with E-state index < -0.39 is 0 Å². The van der Waals surface area contributed by atoms with Crippen LogP contribution in [0, 0.1) is 6.92 Å². The Morgan fingerprint density at radius 3 is 2.72 bits per heavy atom. The van der Waals surface area contributed by atoms with Crippen LogP contribution in [0.4, 0.5) is 0 Å². The normalized spacial score (nSPS) is 10.6. The molecule has 5 nitrogen and oxygen atoms in total. The highest BCUT2D eigenvalue weighted by Gasteiger charge is 2.20. The van der Waals surface area contributed by atoms with Crippen LogP contribution in [-0.2, 0) is 11.2 Å². The summed E-state index contributed by atoms with van der Waals surface area (Å²) >= 11 is 0. The Morgan fingerprint density at radius 1 is 1.39 bits per heavy atom. The van der Waals surface area contributed by atoms with Crippen LogP contribution in [0.2, 0.25) is 0 Å². The molecule has 3 N–H and O–H groups in total. The molecule has 1 aromatic heterocycles. The van der Waals surface area contributed by atoms with Gasteiger partial charge in [-0.2, -0.15) is 0 Å². The van der Waals surface area contributed by atoms with Crippen LogP contribution >= 0.6 is 0 Å². The molecule has 0 saturated carbocycles. The van der Waals surface area contributed by atoms with E-state index in [-0.39, 0.29) is 17.5 Å². The molecule has 0 bridgehead atoms. The minimum absolute atomic E-state index is 0.0813. The molecule has 5 heteroatoms. The van der Waals surface area contributed by atoms with E-state index >= 15 is 0 Å². The second kappa shape index (κ2) is 7.06. The lowest BCUT2D eigenvalue weighted by Crippen LogP contribution is -2.08. The van der Waals surface area contributed by atoms with Gasteiger partial charge in [-0.15, -0.1) is 0 Å². The molecule has 0 aliphatic carbocycles. The maximum atomic E-state index is 11.6. The lowest BCUT2D eigenvalue weighted by Gasteiger charge is -2.04. The molecule has 0 aliphatic heterocycles. The third-order valence-corrected chi connectivity index (χ3v) is 2.70. The maximum absolute atomic E-state index is 11.6. The zero-order valence-electron chi connectivity index (χ0n) is 11.0. The Morgan fingerprint density at radius 2 is 2.11 bits per heavy atom. The van der Waals surface area contributed by atoms with E-state index in [2.05, 4.69) is 0 Å². The fraction of sp³-hybridized carbons (Fsp3) is 0.615. The van der Waals surface area contributed by atoms with Crippen molar-refractivity contribution >= 4 is 5.97 Å². The molecule has 0 aliphatic rings. The zero-order valence-corrected chi connectivity index (χ0v) is 11.0. The summed E-state index contributed by atoms with van der Waals surface area (Å²) in [6, 6.07) is 0. The predicted octanol–water partition coefficient (Wildman–Crippen LogP) is 2.28. The number of nitrogens with two attached hydrogens (primary N) is 1. The minimum atomic E-state index is -0.349. The zero-order chi connectivity index (χ0) is 13.5. The molecule has 0 unspecified atom stereocenters. The monoisotopic (exact) mass is 255 g/mol. The van der Waals surface area contributed by atoms with E-state index in [0.717, 1.165) is 19.3 Å². The number of hydrogen-bond acceptors (Lipinski definition) is 5. The van der Waals surface area contributed by atoms with E-state index in [1.54, 1.807) is 6.92 Å². The number of carbonyl (C=O) groups is 1. The molecular formula is C13H21NO4. The number of ether oxygens (including phenoxy) is 1. The summed E-state index contributed by atoms with van der Waals surface area (Å²) < 4.78 is 10.4. The molecule has 18 heavy (non-hydrogen) atoms. The van der Waals surface area contributed by atoms with Gasteiger partial charge in [-0.25, -0.2) is 0 Å². The summed E-state index contributed by atoms with van der Waals surface area (Å²) in [5.41, 5.74) is 5.37. The minimum Gasteiger partial charge on any atom is -0.502 e. The predicted molar refractivity (Wildman–Crippen MR) is 67.6 cm³/mol. The first-order valence-electron chi connectivity index (χ1n) is 6.32. The highest BCUT2D eigenvalue weighted by Crippen LogP contribution is 2.37. The first-order valence-corrected chi connectivity index (χ1v) is 6.32. The van der Waals surface area contributed by atoms with E-state index in [1.807, 2.05) is 6.92 Å². The third kappa shape index (κ3) is 3.77. The second-order valence-electron chi connectivity index (χ2n) is 4.19. The summed E-state index contributed by atoms with van der Waals surface area (Å²) in [6.07, 6.45) is 3.45. The van der Waals surface area contributed by atoms with Crippen molar-refractivity contribution in [1.82, 2.24) is 0 Å². The van der Waals surface area contributed by atoms with Crippen LogP contribution in [-0.4, -0.2) is 17.6 Å². The highest BCUT2D eigenvalue weighted by atomic mass is 16.6. The molecule has 1 heterocycles. The van der Waals surface area contributed by atoms with Crippen molar-refractivity contribution in [3.05, 3.63) is 11.5 Å². The van der Waals surface area contributed by atoms with Crippen LogP contribution in [0.3, 0.4) is 0 Å². The molecule has 1 rings (SSSR count). The average Bonchev–Trinajstić information content (AvgIpc) is 2.62. The number of hydrogen-bond donors (Lipinski definition) is 2. The molecule has 0 fully saturated rings. The standard InChI is InChI=1S/C13H21NO4/c1-3-10-13(12(16)9(2)17-10)18-11(15)7-5-4-6-8-14/h16H,3-8,14H2,1-2H3. The van der Waals surface area contributed by atoms with E-state index in [9.17, 15) is 9.90 Å². The fourth-order valence-corrected chi connectivity index (χ4v) is 1.66. The van der Waals surface area contributed by atoms with Crippen molar-refractivity contribution in [2.24, 2.45) is 5.73 Å². The Labute approximate surface area is 107 Å². The Kier molecular flexibility index (Phi) is 5.71. The van der Waals surface area contributed by atoms with Gasteiger partial charge in [0.2, 0.25) is 11.5 Å². The van der Waals surface area contributed by atoms with Crippen molar-refractivity contribution in [2.45, 2.75) is 46.0 Å². The first kappa shape index (κ1) is 14.6. The number of aromatic hydroxyl groups is 1. The van der Waals surface area contributed by atoms with Crippen molar-refractivity contribution in [1.29, 1.82) is 0 Å². The molecular weight excluding hydrogens is 234 g/mol. The van der Waals surface area contributed by atoms with Crippen molar-refractivity contribution in [3.63, 3.8) is 0 Å². The van der Waals surface area contributed by atoms with E-state index in [1.165, 1.54) is 0 Å². The summed E-state index contributed by atoms with van der Waals surface area (Å²) in [7, 11) is 0. The van der Waals surface area contributed by atoms with Crippen LogP contribution in [0.5, 0.6) is 11.5 Å². The number of unbranched alkanes of at least 4 members (excludes halogenated alkanes) is 2. The van der Waals surface area contributed by atoms with Crippen molar-refractivity contribution in [2.75, 3.05) is 6.54 Å². The Balaban J connectivity index is 2.53. The molecule has 0 amide bonds. The van der Waals surface area contributed by atoms with Gasteiger partial charge in [-0.1, -0.05) is 13.3 Å². The lowest BCUT2D eigenvalue weighted by molar-refractivity contribution is -0.134. The van der Waals surface area contributed by atoms with Gasteiger partial charge in [0.1, 0.15) is 5.76 Å². The van der Waals surface area contributed by atoms with Gasteiger partial charge in [0.15, 0.2) is 5.76 Å². The quantitative estimate of drug-likeness (QED) is 0.576. The molecule has 0 spiro atoms. The molecule has 0 aromatic carbocycles. The lowest BCUT2D eigenvalue weighted by atomic mass is 10.2. The average molecular weight is 255 g/mol. The topological polar surface area (TPSA) is 85.7 Å². The number of aryl methyl sites for hydroxylation is 2. The third-order valence-electron chi connectivity index (χ3n) is 2.70. The molecule has 0 atom stereocenters. The summed E-state index contributed by atoms with van der Waals surface area (Å²) in [6.45, 7) is 4.14. The maximum Gasteiger partial charge on any atom is 0.311 e. The number of carbonyl (C=O) groups excluding carboxylic acids is 1. The number of rotatable bonds is 7. The molecule has 0 saturated heterocycles. The fourth-order valence-electron chi connectivity index (χ4n) is 1.66. The SMILES string of the molecule is CCc1oc(C)c(O)c1OC(=O)CCCCCN. The number of furan rings is 1. The van der Waals surface area contributed by atoms with Gasteiger partial charge < -0.3 is 20.0 Å². The van der Waals surface area contributed by atoms with Crippen LogP contribution in [0.15, 0.2) is 4.42 Å². The van der Waals surface area contributed by atoms with Gasteiger partial charge in [0.25, 0.3) is 0 Å². The summed E-state index contributed by atoms with van der Waals surface area (Å²) in [5, 5.41) is 9.72. The summed E-state index contributed by atoms with van der Waals surface area (Å²) in [4.78, 5) is 11.6.